The first-order valence-electron chi connectivity index (χ1n) is 11.9. The van der Waals surface area contributed by atoms with Crippen molar-refractivity contribution in [2.45, 2.75) is 58.9 Å². The molecule has 0 saturated carbocycles. The maximum atomic E-state index is 13.1. The summed E-state index contributed by atoms with van der Waals surface area (Å²) in [5, 5.41) is 9.25. The number of carboxylic acid groups (broad SMARTS) is 1. The van der Waals surface area contributed by atoms with Crippen molar-refractivity contribution in [3.05, 3.63) is 64.7 Å². The Morgan fingerprint density at radius 2 is 1.76 bits per heavy atom. The summed E-state index contributed by atoms with van der Waals surface area (Å²) in [5.41, 5.74) is 10.5. The van der Waals surface area contributed by atoms with E-state index in [9.17, 15) is 18.3 Å². The quantitative estimate of drug-likeness (QED) is 0.363. The van der Waals surface area contributed by atoms with Gasteiger partial charge in [0.1, 0.15) is 6.61 Å². The largest absolute Gasteiger partial charge is 0.478 e. The topological polar surface area (TPSA) is 144 Å². The number of rotatable bonds is 9. The van der Waals surface area contributed by atoms with Gasteiger partial charge in [-0.15, -0.1) is 0 Å². The number of ether oxygens (including phenoxy) is 1. The maximum Gasteiger partial charge on any atom is 0.335 e. The van der Waals surface area contributed by atoms with Gasteiger partial charge in [-0.3, -0.25) is 0 Å². The highest BCUT2D eigenvalue weighted by Crippen LogP contribution is 2.31. The van der Waals surface area contributed by atoms with E-state index in [0.717, 1.165) is 34.7 Å². The molecule has 0 bridgehead atoms. The number of carbonyl (C=O) groups is 1. The molecule has 0 amide bonds. The van der Waals surface area contributed by atoms with Crippen LogP contribution in [0.15, 0.2) is 47.4 Å². The predicted octanol–water partition coefficient (Wildman–Crippen LogP) is 4.71. The number of nitrogens with zero attached hydrogens (tertiary/aromatic N) is 2. The molecule has 9 nitrogen and oxygen atoms in total. The van der Waals surface area contributed by atoms with Crippen LogP contribution in [-0.4, -0.2) is 42.1 Å². The molecule has 1 atom stereocenters. The molecule has 0 radical (unpaired) electrons. The van der Waals surface area contributed by atoms with Crippen LogP contribution in [-0.2, 0) is 10.0 Å². The number of hydrogen-bond acceptors (Lipinski definition) is 7. The van der Waals surface area contributed by atoms with E-state index in [0.29, 0.717) is 5.69 Å². The van der Waals surface area contributed by atoms with Gasteiger partial charge >= 0.3 is 5.97 Å². The number of hydrogen-bond donors (Lipinski definition) is 3. The van der Waals surface area contributed by atoms with Gasteiger partial charge in [-0.25, -0.2) is 22.9 Å². The Labute approximate surface area is 218 Å². The normalized spacial score (nSPS) is 12.7. The fourth-order valence-corrected chi connectivity index (χ4v) is 5.02. The second kappa shape index (κ2) is 10.9. The lowest BCUT2D eigenvalue weighted by Crippen LogP contribution is -2.32. The lowest BCUT2D eigenvalue weighted by molar-refractivity contribution is 0.0696. The van der Waals surface area contributed by atoms with Gasteiger partial charge in [-0.05, 0) is 67.5 Å². The van der Waals surface area contributed by atoms with E-state index in [-0.39, 0.29) is 40.4 Å². The number of nitrogens with two attached hydrogens (primary N) is 1. The molecule has 1 heterocycles. The van der Waals surface area contributed by atoms with Crippen molar-refractivity contribution in [1.82, 2.24) is 9.97 Å². The summed E-state index contributed by atoms with van der Waals surface area (Å²) in [5.74, 6) is -1.26. The van der Waals surface area contributed by atoms with Gasteiger partial charge in [-0.2, -0.15) is 4.98 Å². The van der Waals surface area contributed by atoms with E-state index >= 15 is 0 Å². The van der Waals surface area contributed by atoms with Crippen molar-refractivity contribution in [2.24, 2.45) is 11.1 Å². The van der Waals surface area contributed by atoms with Crippen LogP contribution in [0.4, 0.5) is 5.95 Å². The molecule has 198 valence electrons. The van der Waals surface area contributed by atoms with Crippen LogP contribution in [0.3, 0.4) is 0 Å². The number of sulfonamides is 1. The van der Waals surface area contributed by atoms with E-state index in [2.05, 4.69) is 35.5 Å². The zero-order valence-corrected chi connectivity index (χ0v) is 22.8. The fourth-order valence-electron chi connectivity index (χ4n) is 4.03. The molecule has 1 aromatic heterocycles. The van der Waals surface area contributed by atoms with Crippen LogP contribution < -0.4 is 15.2 Å². The van der Waals surface area contributed by atoms with E-state index in [1.165, 1.54) is 18.2 Å². The Morgan fingerprint density at radius 1 is 1.08 bits per heavy atom. The minimum absolute atomic E-state index is 0.0146. The third-order valence-corrected chi connectivity index (χ3v) is 7.17. The first-order valence-corrected chi connectivity index (χ1v) is 13.4. The molecular formula is C27H34N4O5S. The fraction of sp³-hybridized carbons (Fsp3) is 0.370. The van der Waals surface area contributed by atoms with Gasteiger partial charge in [-0.1, -0.05) is 39.0 Å². The maximum absolute atomic E-state index is 13.1. The highest BCUT2D eigenvalue weighted by molar-refractivity contribution is 7.92. The number of aryl methyl sites for hydroxylation is 2. The average molecular weight is 527 g/mol. The molecule has 0 saturated heterocycles. The molecule has 1 unspecified atom stereocenters. The van der Waals surface area contributed by atoms with Gasteiger partial charge in [0, 0.05) is 17.7 Å². The monoisotopic (exact) mass is 526 g/mol. The molecule has 4 N–H and O–H groups in total. The summed E-state index contributed by atoms with van der Waals surface area (Å²) in [4.78, 5) is 19.9. The van der Waals surface area contributed by atoms with Crippen molar-refractivity contribution in [2.75, 3.05) is 11.3 Å². The molecule has 0 fully saturated rings. The van der Waals surface area contributed by atoms with Crippen LogP contribution in [0, 0.1) is 26.2 Å². The number of carboxylic acids is 1. The molecule has 0 spiro atoms. The molecule has 2 aromatic carbocycles. The highest BCUT2D eigenvalue weighted by Gasteiger charge is 2.21. The summed E-state index contributed by atoms with van der Waals surface area (Å²) in [6, 6.07) is 10.5. The lowest BCUT2D eigenvalue weighted by atomic mass is 9.89. The molecule has 0 aliphatic carbocycles. The molecule has 0 aliphatic heterocycles. The van der Waals surface area contributed by atoms with Crippen molar-refractivity contribution in [3.63, 3.8) is 0 Å². The molecule has 10 heteroatoms. The van der Waals surface area contributed by atoms with Crippen molar-refractivity contribution >= 4 is 21.9 Å². The summed E-state index contributed by atoms with van der Waals surface area (Å²) in [6.07, 6.45) is 0.723. The van der Waals surface area contributed by atoms with Crippen LogP contribution in [0.25, 0.3) is 11.3 Å². The summed E-state index contributed by atoms with van der Waals surface area (Å²) in [6.45, 7) is 12.4. The highest BCUT2D eigenvalue weighted by atomic mass is 32.2. The second-order valence-electron chi connectivity index (χ2n) is 10.4. The van der Waals surface area contributed by atoms with Gasteiger partial charge in [0.05, 0.1) is 16.2 Å². The predicted molar refractivity (Wildman–Crippen MR) is 143 cm³/mol. The number of benzene rings is 2. The lowest BCUT2D eigenvalue weighted by Gasteiger charge is -2.23. The number of aromatic nitrogens is 2. The molecule has 3 rings (SSSR count). The Morgan fingerprint density at radius 3 is 2.41 bits per heavy atom. The van der Waals surface area contributed by atoms with Crippen LogP contribution in [0.1, 0.15) is 54.2 Å². The molecule has 0 aliphatic rings. The standard InChI is InChI=1S/C27H34N4O5S/c1-16-10-11-17(2)24(18(16)3)22-13-23(36-15-20(28)14-27(4,5)6)30-26(29-22)31-37(34,35)21-9-7-8-19(12-21)25(32)33/h7-13,20H,14-15,28H2,1-6H3,(H,32,33)(H,29,30,31). The van der Waals surface area contributed by atoms with Crippen molar-refractivity contribution in [3.8, 4) is 17.1 Å². The summed E-state index contributed by atoms with van der Waals surface area (Å²) in [7, 11) is -4.19. The van der Waals surface area contributed by atoms with E-state index in [1.807, 2.05) is 32.9 Å². The van der Waals surface area contributed by atoms with Gasteiger partial charge in [0.2, 0.25) is 11.8 Å². The SMILES string of the molecule is Cc1ccc(C)c(-c2cc(OCC(N)CC(C)(C)C)nc(NS(=O)(=O)c3cccc(C(=O)O)c3)n2)c1C. The van der Waals surface area contributed by atoms with E-state index < -0.39 is 16.0 Å². The van der Waals surface area contributed by atoms with Crippen LogP contribution in [0.2, 0.25) is 0 Å². The minimum Gasteiger partial charge on any atom is -0.478 e. The smallest absolute Gasteiger partial charge is 0.335 e. The van der Waals surface area contributed by atoms with Gasteiger partial charge in [0.25, 0.3) is 10.0 Å². The summed E-state index contributed by atoms with van der Waals surface area (Å²) >= 11 is 0. The summed E-state index contributed by atoms with van der Waals surface area (Å²) < 4.78 is 34.5. The van der Waals surface area contributed by atoms with E-state index in [1.54, 1.807) is 6.07 Å². The third kappa shape index (κ3) is 7.27. The zero-order valence-electron chi connectivity index (χ0n) is 22.0. The Bertz CT molecular complexity index is 1410. The second-order valence-corrected chi connectivity index (χ2v) is 12.1. The van der Waals surface area contributed by atoms with Gasteiger partial charge in [0.15, 0.2) is 0 Å². The molecule has 3 aromatic rings. The number of anilines is 1. The average Bonchev–Trinajstić information content (AvgIpc) is 2.79. The van der Waals surface area contributed by atoms with Crippen LogP contribution >= 0.6 is 0 Å². The third-order valence-electron chi connectivity index (χ3n) is 5.84. The van der Waals surface area contributed by atoms with Gasteiger partial charge < -0.3 is 15.6 Å². The Balaban J connectivity index is 2.04. The van der Waals surface area contributed by atoms with E-state index in [4.69, 9.17) is 10.5 Å². The van der Waals surface area contributed by atoms with Crippen molar-refractivity contribution < 1.29 is 23.1 Å². The number of nitrogens with one attached hydrogen (secondary N) is 1. The Kier molecular flexibility index (Phi) is 8.24. The molecular weight excluding hydrogens is 492 g/mol. The minimum atomic E-state index is -4.19. The van der Waals surface area contributed by atoms with Crippen LogP contribution in [0.5, 0.6) is 5.88 Å². The zero-order chi connectivity index (χ0) is 27.5. The molecule has 37 heavy (non-hydrogen) atoms. The first kappa shape index (κ1) is 28.1. The first-order chi connectivity index (χ1) is 17.2. The Hall–Kier alpha value is -3.50. The van der Waals surface area contributed by atoms with Crippen molar-refractivity contribution in [1.29, 1.82) is 0 Å². The number of aromatic carboxylic acids is 1.